The first kappa shape index (κ1) is 12.6. The summed E-state index contributed by atoms with van der Waals surface area (Å²) in [6.07, 6.45) is 4.14. The Morgan fingerprint density at radius 2 is 2.16 bits per heavy atom. The molecular formula is C15H20N2O2. The number of rotatable bonds is 3. The molecule has 102 valence electrons. The highest BCUT2D eigenvalue weighted by Gasteiger charge is 2.50. The molecule has 1 aromatic heterocycles. The molecule has 0 atom stereocenters. The Balaban J connectivity index is 1.75. The number of nitrogen functional groups attached to an aromatic ring is 1. The SMILES string of the molecule is CC(C)C(=O)c1ncc(C2CC3(COC3)C2)cc1N. The number of carbonyl (C=O) groups excluding carboxylic acids is 1. The number of Topliss-reactive ketones (excluding diaryl/α,β-unsaturated/α-hetero) is 1. The van der Waals surface area contributed by atoms with E-state index in [4.69, 9.17) is 10.5 Å². The number of nitrogens with zero attached hydrogens (tertiary/aromatic N) is 1. The molecular weight excluding hydrogens is 240 g/mol. The van der Waals surface area contributed by atoms with Gasteiger partial charge in [0.15, 0.2) is 5.78 Å². The summed E-state index contributed by atoms with van der Waals surface area (Å²) in [5.74, 6) is 0.475. The molecule has 0 radical (unpaired) electrons. The van der Waals surface area contributed by atoms with Gasteiger partial charge in [-0.15, -0.1) is 0 Å². The number of ether oxygens (including phenoxy) is 1. The van der Waals surface area contributed by atoms with Crippen molar-refractivity contribution in [3.05, 3.63) is 23.5 Å². The van der Waals surface area contributed by atoms with E-state index in [1.807, 2.05) is 26.1 Å². The van der Waals surface area contributed by atoms with E-state index in [0.29, 0.717) is 22.7 Å². The summed E-state index contributed by atoms with van der Waals surface area (Å²) in [7, 11) is 0. The lowest BCUT2D eigenvalue weighted by atomic mass is 9.59. The number of nitrogens with two attached hydrogens (primary N) is 1. The van der Waals surface area contributed by atoms with Crippen LogP contribution in [-0.4, -0.2) is 24.0 Å². The van der Waals surface area contributed by atoms with E-state index in [1.165, 1.54) is 0 Å². The van der Waals surface area contributed by atoms with E-state index >= 15 is 0 Å². The lowest BCUT2D eigenvalue weighted by molar-refractivity contribution is -0.164. The lowest BCUT2D eigenvalue weighted by Gasteiger charge is -2.53. The van der Waals surface area contributed by atoms with Crippen LogP contribution in [0.2, 0.25) is 0 Å². The number of carbonyl (C=O) groups is 1. The quantitative estimate of drug-likeness (QED) is 0.847. The van der Waals surface area contributed by atoms with Crippen molar-refractivity contribution in [2.75, 3.05) is 18.9 Å². The van der Waals surface area contributed by atoms with Gasteiger partial charge >= 0.3 is 0 Å². The average Bonchev–Trinajstić information content (AvgIpc) is 2.24. The second-order valence-electron chi connectivity index (χ2n) is 6.32. The predicted molar refractivity (Wildman–Crippen MR) is 73.0 cm³/mol. The number of ketones is 1. The van der Waals surface area contributed by atoms with Crippen molar-refractivity contribution in [3.63, 3.8) is 0 Å². The van der Waals surface area contributed by atoms with Crippen molar-refractivity contribution in [3.8, 4) is 0 Å². The lowest BCUT2D eigenvalue weighted by Crippen LogP contribution is -2.51. The van der Waals surface area contributed by atoms with Gasteiger partial charge in [-0.2, -0.15) is 0 Å². The van der Waals surface area contributed by atoms with Crippen LogP contribution in [0, 0.1) is 11.3 Å². The van der Waals surface area contributed by atoms with Crippen LogP contribution in [0.1, 0.15) is 48.7 Å². The zero-order valence-electron chi connectivity index (χ0n) is 11.5. The molecule has 2 aliphatic rings. The smallest absolute Gasteiger partial charge is 0.185 e. The fourth-order valence-corrected chi connectivity index (χ4v) is 3.05. The second kappa shape index (κ2) is 4.30. The Morgan fingerprint density at radius 3 is 2.63 bits per heavy atom. The van der Waals surface area contributed by atoms with E-state index in [9.17, 15) is 4.79 Å². The first-order valence-corrected chi connectivity index (χ1v) is 6.88. The standard InChI is InChI=1S/C15H20N2O2/c1-9(2)14(18)13-12(16)3-10(6-17-13)11-4-15(5-11)7-19-8-15/h3,6,9,11H,4-5,7-8,16H2,1-2H3. The van der Waals surface area contributed by atoms with E-state index in [2.05, 4.69) is 4.98 Å². The molecule has 1 aromatic rings. The van der Waals surface area contributed by atoms with Crippen molar-refractivity contribution in [1.82, 2.24) is 4.98 Å². The van der Waals surface area contributed by atoms with Gasteiger partial charge in [-0.1, -0.05) is 13.8 Å². The summed E-state index contributed by atoms with van der Waals surface area (Å²) in [5, 5.41) is 0. The molecule has 2 N–H and O–H groups in total. The summed E-state index contributed by atoms with van der Waals surface area (Å²) in [4.78, 5) is 16.2. The van der Waals surface area contributed by atoms with Gasteiger partial charge in [0, 0.05) is 17.5 Å². The monoisotopic (exact) mass is 260 g/mol. The van der Waals surface area contributed by atoms with Gasteiger partial charge in [-0.25, -0.2) is 0 Å². The highest BCUT2D eigenvalue weighted by atomic mass is 16.5. The maximum absolute atomic E-state index is 11.9. The highest BCUT2D eigenvalue weighted by molar-refractivity contribution is 6.00. The third-order valence-electron chi connectivity index (χ3n) is 4.34. The van der Waals surface area contributed by atoms with Gasteiger partial charge < -0.3 is 10.5 Å². The first-order valence-electron chi connectivity index (χ1n) is 6.88. The molecule has 1 saturated carbocycles. The number of anilines is 1. The van der Waals surface area contributed by atoms with E-state index in [1.54, 1.807) is 0 Å². The molecule has 1 saturated heterocycles. The van der Waals surface area contributed by atoms with E-state index in [-0.39, 0.29) is 11.7 Å². The summed E-state index contributed by atoms with van der Waals surface area (Å²) in [6.45, 7) is 5.53. The number of hydrogen-bond acceptors (Lipinski definition) is 4. The molecule has 2 heterocycles. The Bertz CT molecular complexity index is 513. The summed E-state index contributed by atoms with van der Waals surface area (Å²) in [5.41, 5.74) is 8.51. The largest absolute Gasteiger partial charge is 0.397 e. The first-order chi connectivity index (χ1) is 9.01. The fraction of sp³-hybridized carbons (Fsp3) is 0.600. The van der Waals surface area contributed by atoms with Crippen molar-refractivity contribution in [1.29, 1.82) is 0 Å². The van der Waals surface area contributed by atoms with Crippen LogP contribution in [0.3, 0.4) is 0 Å². The van der Waals surface area contributed by atoms with Crippen LogP contribution in [0.5, 0.6) is 0 Å². The molecule has 0 amide bonds. The summed E-state index contributed by atoms with van der Waals surface area (Å²) < 4.78 is 5.28. The molecule has 1 aliphatic carbocycles. The molecule has 1 spiro atoms. The van der Waals surface area contributed by atoms with Crippen molar-refractivity contribution in [2.24, 2.45) is 11.3 Å². The topological polar surface area (TPSA) is 65.2 Å². The minimum absolute atomic E-state index is 0.0153. The molecule has 4 heteroatoms. The Morgan fingerprint density at radius 1 is 1.47 bits per heavy atom. The zero-order valence-corrected chi connectivity index (χ0v) is 11.5. The van der Waals surface area contributed by atoms with Gasteiger partial charge in [0.2, 0.25) is 0 Å². The fourth-order valence-electron chi connectivity index (χ4n) is 3.05. The summed E-state index contributed by atoms with van der Waals surface area (Å²) in [6, 6.07) is 1.93. The van der Waals surface area contributed by atoms with Gasteiger partial charge in [-0.3, -0.25) is 9.78 Å². The van der Waals surface area contributed by atoms with Gasteiger partial charge in [0.05, 0.1) is 18.9 Å². The molecule has 0 unspecified atom stereocenters. The van der Waals surface area contributed by atoms with Crippen molar-refractivity contribution < 1.29 is 9.53 Å². The van der Waals surface area contributed by atoms with Gasteiger partial charge in [0.1, 0.15) is 5.69 Å². The normalized spacial score (nSPS) is 21.2. The van der Waals surface area contributed by atoms with Crippen molar-refractivity contribution in [2.45, 2.75) is 32.6 Å². The third-order valence-corrected chi connectivity index (χ3v) is 4.34. The van der Waals surface area contributed by atoms with Crippen LogP contribution in [0.15, 0.2) is 12.3 Å². The molecule has 0 bridgehead atoms. The zero-order chi connectivity index (χ0) is 13.6. The maximum Gasteiger partial charge on any atom is 0.185 e. The molecule has 0 aromatic carbocycles. The van der Waals surface area contributed by atoms with Gasteiger partial charge in [0.25, 0.3) is 0 Å². The Hall–Kier alpha value is -1.42. The minimum Gasteiger partial charge on any atom is -0.397 e. The summed E-state index contributed by atoms with van der Waals surface area (Å²) >= 11 is 0. The molecule has 2 fully saturated rings. The maximum atomic E-state index is 11.9. The third kappa shape index (κ3) is 2.04. The van der Waals surface area contributed by atoms with Crippen LogP contribution < -0.4 is 5.73 Å². The van der Waals surface area contributed by atoms with Crippen molar-refractivity contribution >= 4 is 11.5 Å². The van der Waals surface area contributed by atoms with Crippen LogP contribution in [0.25, 0.3) is 0 Å². The second-order valence-corrected chi connectivity index (χ2v) is 6.32. The highest BCUT2D eigenvalue weighted by Crippen LogP contribution is 2.55. The number of pyridine rings is 1. The van der Waals surface area contributed by atoms with E-state index in [0.717, 1.165) is 31.6 Å². The number of aromatic nitrogens is 1. The van der Waals surface area contributed by atoms with E-state index < -0.39 is 0 Å². The minimum atomic E-state index is -0.0697. The van der Waals surface area contributed by atoms with Gasteiger partial charge in [-0.05, 0) is 30.4 Å². The molecule has 1 aliphatic heterocycles. The molecule has 4 nitrogen and oxygen atoms in total. The Labute approximate surface area is 113 Å². The molecule has 3 rings (SSSR count). The molecule has 19 heavy (non-hydrogen) atoms. The number of hydrogen-bond donors (Lipinski definition) is 1. The van der Waals surface area contributed by atoms with Crippen LogP contribution in [-0.2, 0) is 4.74 Å². The average molecular weight is 260 g/mol. The Kier molecular flexibility index (Phi) is 2.86. The van der Waals surface area contributed by atoms with Crippen LogP contribution >= 0.6 is 0 Å². The van der Waals surface area contributed by atoms with Crippen LogP contribution in [0.4, 0.5) is 5.69 Å². The predicted octanol–water partition coefficient (Wildman–Crippen LogP) is 2.40.